The van der Waals surface area contributed by atoms with Crippen LogP contribution in [0.5, 0.6) is 0 Å². The molecule has 1 aromatic heterocycles. The Morgan fingerprint density at radius 2 is 1.36 bits per heavy atom. The molecule has 4 heteroatoms. The van der Waals surface area contributed by atoms with Crippen LogP contribution in [0, 0.1) is 23.4 Å². The van der Waals surface area contributed by atoms with Gasteiger partial charge >= 0.3 is 0 Å². The lowest BCUT2D eigenvalue weighted by Gasteiger charge is -2.26. The van der Waals surface area contributed by atoms with Crippen LogP contribution < -0.4 is 0 Å². The Hall–Kier alpha value is -1.55. The number of fused-ring (bicyclic) bond motifs is 3. The molecule has 0 saturated heterocycles. The van der Waals surface area contributed by atoms with Crippen molar-refractivity contribution in [1.29, 1.82) is 0 Å². The largest absolute Gasteiger partial charge is 0.205 e. The topological polar surface area (TPSA) is 0 Å². The number of halogens is 3. The summed E-state index contributed by atoms with van der Waals surface area (Å²) in [5.74, 6) is -1.06. The van der Waals surface area contributed by atoms with Gasteiger partial charge < -0.3 is 0 Å². The summed E-state index contributed by atoms with van der Waals surface area (Å²) in [6, 6.07) is 6.35. The first-order valence-electron chi connectivity index (χ1n) is 9.05. The predicted molar refractivity (Wildman–Crippen MR) is 101 cm³/mol. The van der Waals surface area contributed by atoms with Crippen LogP contribution in [0.3, 0.4) is 0 Å². The molecule has 3 aromatic rings. The van der Waals surface area contributed by atoms with Gasteiger partial charge in [-0.1, -0.05) is 45.7 Å². The maximum Gasteiger partial charge on any atom is 0.176 e. The van der Waals surface area contributed by atoms with Gasteiger partial charge in [0, 0.05) is 10.8 Å². The van der Waals surface area contributed by atoms with Gasteiger partial charge in [-0.2, -0.15) is 0 Å². The summed E-state index contributed by atoms with van der Waals surface area (Å²) in [5, 5.41) is 1.26. The lowest BCUT2D eigenvalue weighted by molar-refractivity contribution is 0.343. The Morgan fingerprint density at radius 3 is 2.00 bits per heavy atom. The summed E-state index contributed by atoms with van der Waals surface area (Å²) in [4.78, 5) is 0. The van der Waals surface area contributed by atoms with Crippen molar-refractivity contribution in [3.05, 3.63) is 47.3 Å². The summed E-state index contributed by atoms with van der Waals surface area (Å²) in [5.41, 5.74) is 0.733. The molecule has 1 saturated carbocycles. The molecular weight excluding hydrogens is 341 g/mol. The number of benzene rings is 2. The van der Waals surface area contributed by atoms with Crippen LogP contribution in [0.15, 0.2) is 24.3 Å². The van der Waals surface area contributed by atoms with E-state index in [-0.39, 0.29) is 16.4 Å². The Morgan fingerprint density at radius 1 is 0.800 bits per heavy atom. The molecule has 25 heavy (non-hydrogen) atoms. The second kappa shape index (κ2) is 7.36. The number of rotatable bonds is 1. The van der Waals surface area contributed by atoms with Crippen LogP contribution in [-0.4, -0.2) is 0 Å². The van der Waals surface area contributed by atoms with Gasteiger partial charge in [0.2, 0.25) is 0 Å². The molecule has 1 heterocycles. The summed E-state index contributed by atoms with van der Waals surface area (Å²) >= 11 is 1.02. The van der Waals surface area contributed by atoms with Gasteiger partial charge in [-0.3, -0.25) is 0 Å². The molecule has 134 valence electrons. The minimum absolute atomic E-state index is 0.202. The molecular formula is C21H23F3S. The van der Waals surface area contributed by atoms with Crippen LogP contribution in [0.2, 0.25) is 0 Å². The molecule has 0 N–H and O–H groups in total. The van der Waals surface area contributed by atoms with Gasteiger partial charge in [0.25, 0.3) is 0 Å². The van der Waals surface area contributed by atoms with Crippen molar-refractivity contribution >= 4 is 31.5 Å². The molecule has 0 nitrogen and oxygen atoms in total. The first kappa shape index (κ1) is 18.2. The Labute approximate surface area is 150 Å². The van der Waals surface area contributed by atoms with Gasteiger partial charge in [-0.25, -0.2) is 13.2 Å². The maximum absolute atomic E-state index is 15.0. The number of hydrogen-bond donors (Lipinski definition) is 0. The minimum Gasteiger partial charge on any atom is -0.205 e. The molecule has 0 aliphatic heterocycles. The highest BCUT2D eigenvalue weighted by Crippen LogP contribution is 2.42. The zero-order valence-electron chi connectivity index (χ0n) is 14.8. The highest BCUT2D eigenvalue weighted by Gasteiger charge is 2.24. The molecule has 1 aliphatic rings. The molecule has 0 spiro atoms. The normalized spacial score (nSPS) is 20.6. The van der Waals surface area contributed by atoms with E-state index in [0.29, 0.717) is 21.4 Å². The van der Waals surface area contributed by atoms with E-state index in [9.17, 15) is 8.78 Å². The Kier molecular flexibility index (Phi) is 5.38. The van der Waals surface area contributed by atoms with E-state index in [1.165, 1.54) is 6.07 Å². The summed E-state index contributed by atoms with van der Waals surface area (Å²) < 4.78 is 43.1. The van der Waals surface area contributed by atoms with Crippen molar-refractivity contribution in [2.24, 2.45) is 5.92 Å². The first-order chi connectivity index (χ1) is 12.1. The van der Waals surface area contributed by atoms with Crippen molar-refractivity contribution < 1.29 is 13.2 Å². The smallest absolute Gasteiger partial charge is 0.176 e. The van der Waals surface area contributed by atoms with Crippen molar-refractivity contribution in [3.63, 3.8) is 0 Å². The summed E-state index contributed by atoms with van der Waals surface area (Å²) in [6.07, 6.45) is 4.23. The van der Waals surface area contributed by atoms with Crippen LogP contribution in [0.4, 0.5) is 13.2 Å². The molecule has 0 bridgehead atoms. The second-order valence-electron chi connectivity index (χ2n) is 6.64. The van der Waals surface area contributed by atoms with E-state index in [1.54, 1.807) is 0 Å². The third-order valence-electron chi connectivity index (χ3n) is 5.13. The lowest BCUT2D eigenvalue weighted by Crippen LogP contribution is -2.12. The van der Waals surface area contributed by atoms with Crippen LogP contribution in [0.25, 0.3) is 20.2 Å². The SMILES string of the molecule is CC.CC1CCC(c2ccc3c(sc4c(F)c(F)ccc43)c2F)CC1. The highest BCUT2D eigenvalue weighted by atomic mass is 32.1. The molecule has 4 rings (SSSR count). The van der Waals surface area contributed by atoms with E-state index >= 15 is 4.39 Å². The van der Waals surface area contributed by atoms with E-state index in [4.69, 9.17) is 0 Å². The zero-order valence-corrected chi connectivity index (χ0v) is 15.7. The molecule has 2 aromatic carbocycles. The van der Waals surface area contributed by atoms with E-state index < -0.39 is 11.6 Å². The van der Waals surface area contributed by atoms with Gasteiger partial charge in [-0.05, 0) is 42.4 Å². The standard InChI is InChI=1S/C19H17F3S.C2H6/c1-10-2-4-11(5-3-10)12-6-7-13-14-8-9-15(20)17(22)19(14)23-18(13)16(12)21;1-2/h6-11H,2-5H2,1H3;1-2H3. The molecule has 1 aliphatic carbocycles. The van der Waals surface area contributed by atoms with Crippen LogP contribution >= 0.6 is 11.3 Å². The Bertz CT molecular complexity index is 889. The van der Waals surface area contributed by atoms with Crippen molar-refractivity contribution in [1.82, 2.24) is 0 Å². The van der Waals surface area contributed by atoms with Crippen LogP contribution in [0.1, 0.15) is 57.9 Å². The van der Waals surface area contributed by atoms with E-state index in [1.807, 2.05) is 26.0 Å². The predicted octanol–water partition coefficient (Wildman–Crippen LogP) is 7.79. The van der Waals surface area contributed by atoms with E-state index in [2.05, 4.69) is 6.92 Å². The van der Waals surface area contributed by atoms with Gasteiger partial charge in [0.1, 0.15) is 5.82 Å². The van der Waals surface area contributed by atoms with Crippen molar-refractivity contribution in [2.45, 2.75) is 52.4 Å². The average Bonchev–Trinajstić information content (AvgIpc) is 3.02. The van der Waals surface area contributed by atoms with E-state index in [0.717, 1.165) is 48.6 Å². The fourth-order valence-corrected chi connectivity index (χ4v) is 4.89. The summed E-state index contributed by atoms with van der Waals surface area (Å²) in [7, 11) is 0. The lowest BCUT2D eigenvalue weighted by atomic mass is 9.79. The van der Waals surface area contributed by atoms with Crippen molar-refractivity contribution in [2.75, 3.05) is 0 Å². The Balaban J connectivity index is 0.000000880. The molecule has 0 radical (unpaired) electrons. The average molecular weight is 364 g/mol. The highest BCUT2D eigenvalue weighted by molar-refractivity contribution is 7.25. The van der Waals surface area contributed by atoms with Gasteiger partial charge in [0.05, 0.1) is 9.40 Å². The van der Waals surface area contributed by atoms with Crippen LogP contribution in [-0.2, 0) is 0 Å². The quantitative estimate of drug-likeness (QED) is 0.413. The third kappa shape index (κ3) is 3.17. The number of thiophene rings is 1. The fourth-order valence-electron chi connectivity index (χ4n) is 3.72. The maximum atomic E-state index is 15.0. The zero-order chi connectivity index (χ0) is 18.1. The summed E-state index contributed by atoms with van der Waals surface area (Å²) in [6.45, 7) is 6.24. The molecule has 0 amide bonds. The second-order valence-corrected chi connectivity index (χ2v) is 7.66. The molecule has 0 unspecified atom stereocenters. The third-order valence-corrected chi connectivity index (χ3v) is 6.33. The van der Waals surface area contributed by atoms with Gasteiger partial charge in [0.15, 0.2) is 11.6 Å². The fraction of sp³-hybridized carbons (Fsp3) is 0.429. The van der Waals surface area contributed by atoms with Crippen molar-refractivity contribution in [3.8, 4) is 0 Å². The van der Waals surface area contributed by atoms with Gasteiger partial charge in [-0.15, -0.1) is 11.3 Å². The first-order valence-corrected chi connectivity index (χ1v) is 9.86. The monoisotopic (exact) mass is 364 g/mol. The number of hydrogen-bond acceptors (Lipinski definition) is 1. The molecule has 0 atom stereocenters. The molecule has 1 fully saturated rings. The minimum atomic E-state index is -0.883.